The van der Waals surface area contributed by atoms with Crippen molar-refractivity contribution in [3.8, 4) is 18.2 Å². The molecule has 0 spiro atoms. The molecule has 0 amide bonds. The predicted octanol–water partition coefficient (Wildman–Crippen LogP) is 2.96. The number of allylic oxidation sites excluding steroid dienone is 3. The van der Waals surface area contributed by atoms with Crippen molar-refractivity contribution >= 4 is 5.97 Å². The van der Waals surface area contributed by atoms with Crippen LogP contribution in [0.15, 0.2) is 46.8 Å². The summed E-state index contributed by atoms with van der Waals surface area (Å²) in [6, 6.07) is 13.3. The maximum absolute atomic E-state index is 12.6. The maximum atomic E-state index is 12.6. The van der Waals surface area contributed by atoms with E-state index in [4.69, 9.17) is 4.74 Å². The molecule has 0 aromatic heterocycles. The van der Waals surface area contributed by atoms with Crippen LogP contribution in [-0.4, -0.2) is 12.6 Å². The first-order valence-corrected chi connectivity index (χ1v) is 8.13. The fraction of sp³-hybridized carbons (Fsp3) is 0.300. The van der Waals surface area contributed by atoms with Gasteiger partial charge in [0.15, 0.2) is 0 Å². The average Bonchev–Trinajstić information content (AvgIpc) is 2.63. The summed E-state index contributed by atoms with van der Waals surface area (Å²) in [5.74, 6) is -2.03. The lowest BCUT2D eigenvalue weighted by Crippen LogP contribution is -2.35. The number of nitrogens with one attached hydrogen (secondary N) is 1. The molecule has 2 rings (SSSR count). The third-order valence-corrected chi connectivity index (χ3v) is 4.25. The summed E-state index contributed by atoms with van der Waals surface area (Å²) in [6.07, 6.45) is 0. The summed E-state index contributed by atoms with van der Waals surface area (Å²) >= 11 is 0. The Morgan fingerprint density at radius 3 is 2.27 bits per heavy atom. The zero-order valence-corrected chi connectivity index (χ0v) is 14.8. The lowest BCUT2D eigenvalue weighted by Gasteiger charge is -2.33. The van der Waals surface area contributed by atoms with Gasteiger partial charge in [-0.25, -0.2) is 4.79 Å². The molecule has 6 nitrogen and oxygen atoms in total. The molecule has 1 N–H and O–H groups in total. The summed E-state index contributed by atoms with van der Waals surface area (Å²) in [5, 5.41) is 31.2. The number of carbonyl (C=O) groups is 1. The molecule has 6 heteroatoms. The summed E-state index contributed by atoms with van der Waals surface area (Å²) < 4.78 is 5.18. The molecule has 1 aliphatic rings. The van der Waals surface area contributed by atoms with Crippen molar-refractivity contribution in [1.82, 2.24) is 5.32 Å². The highest BCUT2D eigenvalue weighted by Gasteiger charge is 2.40. The number of hydrogen-bond donors (Lipinski definition) is 1. The van der Waals surface area contributed by atoms with Crippen LogP contribution in [0.4, 0.5) is 0 Å². The van der Waals surface area contributed by atoms with Crippen molar-refractivity contribution in [2.24, 2.45) is 5.92 Å². The minimum absolute atomic E-state index is 0.170. The van der Waals surface area contributed by atoms with Gasteiger partial charge >= 0.3 is 5.97 Å². The van der Waals surface area contributed by atoms with E-state index < -0.39 is 17.8 Å². The Hall–Kier alpha value is -3.56. The van der Waals surface area contributed by atoms with Gasteiger partial charge in [0.2, 0.25) is 0 Å². The minimum atomic E-state index is -0.880. The van der Waals surface area contributed by atoms with Gasteiger partial charge in [0.05, 0.1) is 29.9 Å². The molecule has 26 heavy (non-hydrogen) atoms. The Kier molecular flexibility index (Phi) is 5.78. The van der Waals surface area contributed by atoms with E-state index in [-0.39, 0.29) is 17.9 Å². The molecular formula is C20H18N4O2. The fourth-order valence-electron chi connectivity index (χ4n) is 3.04. The van der Waals surface area contributed by atoms with Crippen molar-refractivity contribution in [2.45, 2.75) is 26.7 Å². The SMILES string of the molecule is CCOC(=O)C1=C(C)NC(=C(C#N)C#N)[C@H](C#N)[C@@H]1c1ccc(C)cc1. The largest absolute Gasteiger partial charge is 0.463 e. The molecule has 0 saturated carbocycles. The number of rotatable bonds is 3. The van der Waals surface area contributed by atoms with Gasteiger partial charge in [-0.1, -0.05) is 29.8 Å². The Bertz CT molecular complexity index is 889. The van der Waals surface area contributed by atoms with E-state index in [1.54, 1.807) is 13.8 Å². The number of nitriles is 3. The zero-order chi connectivity index (χ0) is 19.3. The Balaban J connectivity index is 2.75. The first-order chi connectivity index (χ1) is 12.5. The van der Waals surface area contributed by atoms with E-state index in [1.807, 2.05) is 43.3 Å². The van der Waals surface area contributed by atoms with Gasteiger partial charge in [-0.05, 0) is 26.3 Å². The summed E-state index contributed by atoms with van der Waals surface area (Å²) in [6.45, 7) is 5.53. The Labute approximate surface area is 152 Å². The van der Waals surface area contributed by atoms with Crippen molar-refractivity contribution < 1.29 is 9.53 Å². The molecule has 1 aromatic rings. The number of nitrogens with zero attached hydrogens (tertiary/aromatic N) is 3. The number of ether oxygens (including phenoxy) is 1. The number of benzene rings is 1. The normalized spacial score (nSPS) is 18.8. The highest BCUT2D eigenvalue weighted by Crippen LogP contribution is 2.41. The Morgan fingerprint density at radius 2 is 1.77 bits per heavy atom. The van der Waals surface area contributed by atoms with Crippen molar-refractivity contribution in [3.05, 3.63) is 57.9 Å². The lowest BCUT2D eigenvalue weighted by molar-refractivity contribution is -0.139. The minimum Gasteiger partial charge on any atom is -0.463 e. The molecular weight excluding hydrogens is 328 g/mol. The molecule has 0 unspecified atom stereocenters. The number of carbonyl (C=O) groups excluding carboxylic acids is 1. The lowest BCUT2D eigenvalue weighted by atomic mass is 9.75. The highest BCUT2D eigenvalue weighted by atomic mass is 16.5. The van der Waals surface area contributed by atoms with Gasteiger partial charge in [0, 0.05) is 11.6 Å². The van der Waals surface area contributed by atoms with Crippen molar-refractivity contribution in [1.29, 1.82) is 15.8 Å². The van der Waals surface area contributed by atoms with E-state index in [2.05, 4.69) is 11.4 Å². The maximum Gasteiger partial charge on any atom is 0.336 e. The molecule has 2 atom stereocenters. The summed E-state index contributed by atoms with van der Waals surface area (Å²) in [7, 11) is 0. The van der Waals surface area contributed by atoms with E-state index in [9.17, 15) is 20.6 Å². The van der Waals surface area contributed by atoms with Crippen LogP contribution in [0.5, 0.6) is 0 Å². The molecule has 0 saturated heterocycles. The van der Waals surface area contributed by atoms with Crippen LogP contribution < -0.4 is 5.32 Å². The van der Waals surface area contributed by atoms with Gasteiger partial charge < -0.3 is 10.1 Å². The van der Waals surface area contributed by atoms with Gasteiger partial charge in [-0.2, -0.15) is 15.8 Å². The van der Waals surface area contributed by atoms with Crippen LogP contribution in [0.25, 0.3) is 0 Å². The molecule has 130 valence electrons. The van der Waals surface area contributed by atoms with Crippen LogP contribution in [0.1, 0.15) is 30.9 Å². The van der Waals surface area contributed by atoms with Crippen LogP contribution in [0.3, 0.4) is 0 Å². The molecule has 1 aromatic carbocycles. The zero-order valence-electron chi connectivity index (χ0n) is 14.8. The molecule has 1 aliphatic heterocycles. The Morgan fingerprint density at radius 1 is 1.15 bits per heavy atom. The standard InChI is InChI=1S/C20H18N4O2/c1-4-26-20(25)17-13(3)24-19(15(9-21)10-22)16(11-23)18(17)14-7-5-12(2)6-8-14/h5-8,16,18,24H,4H2,1-3H3/t16-,18+/m1/s1. The first-order valence-electron chi connectivity index (χ1n) is 8.13. The van der Waals surface area contributed by atoms with Gasteiger partial charge in [0.25, 0.3) is 0 Å². The van der Waals surface area contributed by atoms with Crippen molar-refractivity contribution in [2.75, 3.05) is 6.61 Å². The van der Waals surface area contributed by atoms with E-state index in [1.165, 1.54) is 0 Å². The van der Waals surface area contributed by atoms with Crippen LogP contribution >= 0.6 is 0 Å². The van der Waals surface area contributed by atoms with E-state index >= 15 is 0 Å². The predicted molar refractivity (Wildman–Crippen MR) is 93.7 cm³/mol. The second kappa shape index (κ2) is 8.01. The third-order valence-electron chi connectivity index (χ3n) is 4.25. The topological polar surface area (TPSA) is 110 Å². The first kappa shape index (κ1) is 18.8. The van der Waals surface area contributed by atoms with Gasteiger partial charge in [0.1, 0.15) is 17.7 Å². The second-order valence-corrected chi connectivity index (χ2v) is 5.89. The average molecular weight is 346 g/mol. The number of hydrogen-bond acceptors (Lipinski definition) is 6. The molecule has 1 heterocycles. The van der Waals surface area contributed by atoms with Gasteiger partial charge in [-0.3, -0.25) is 0 Å². The molecule has 0 fully saturated rings. The molecule has 0 aliphatic carbocycles. The number of aryl methyl sites for hydroxylation is 1. The van der Waals surface area contributed by atoms with Crippen LogP contribution in [0.2, 0.25) is 0 Å². The van der Waals surface area contributed by atoms with Crippen molar-refractivity contribution in [3.63, 3.8) is 0 Å². The second-order valence-electron chi connectivity index (χ2n) is 5.89. The molecule has 0 bridgehead atoms. The van der Waals surface area contributed by atoms with Crippen LogP contribution in [0, 0.1) is 46.8 Å². The summed E-state index contributed by atoms with van der Waals surface area (Å²) in [4.78, 5) is 12.6. The van der Waals surface area contributed by atoms with Crippen LogP contribution in [-0.2, 0) is 9.53 Å². The van der Waals surface area contributed by atoms with E-state index in [0.29, 0.717) is 11.3 Å². The fourth-order valence-corrected chi connectivity index (χ4v) is 3.04. The van der Waals surface area contributed by atoms with E-state index in [0.717, 1.165) is 11.1 Å². The number of esters is 1. The smallest absolute Gasteiger partial charge is 0.336 e. The quantitative estimate of drug-likeness (QED) is 0.665. The monoisotopic (exact) mass is 346 g/mol. The van der Waals surface area contributed by atoms with Gasteiger partial charge in [-0.15, -0.1) is 0 Å². The third kappa shape index (κ3) is 3.43. The molecule has 0 radical (unpaired) electrons. The highest BCUT2D eigenvalue weighted by molar-refractivity contribution is 5.92. The summed E-state index contributed by atoms with van der Waals surface area (Å²) in [5.41, 5.74) is 2.64.